The molecule has 1 aliphatic heterocycles. The molecule has 2 aromatic rings. The Morgan fingerprint density at radius 1 is 1.23 bits per heavy atom. The molecule has 1 atom stereocenters. The fourth-order valence-corrected chi connectivity index (χ4v) is 3.13. The molecule has 1 aliphatic rings. The van der Waals surface area contributed by atoms with Crippen molar-refractivity contribution in [3.63, 3.8) is 0 Å². The highest BCUT2D eigenvalue weighted by Gasteiger charge is 2.23. The van der Waals surface area contributed by atoms with Crippen LogP contribution in [-0.4, -0.2) is 38.9 Å². The summed E-state index contributed by atoms with van der Waals surface area (Å²) >= 11 is 0. The van der Waals surface area contributed by atoms with Gasteiger partial charge in [-0.05, 0) is 32.3 Å². The lowest BCUT2D eigenvalue weighted by Crippen LogP contribution is -2.44. The van der Waals surface area contributed by atoms with Crippen LogP contribution in [-0.2, 0) is 25.1 Å². The topological polar surface area (TPSA) is 87.4 Å². The maximum atomic E-state index is 10.7. The Hall–Kier alpha value is -2.41. The molecule has 3 N–H and O–H groups in total. The summed E-state index contributed by atoms with van der Waals surface area (Å²) in [5, 5.41) is 25.8. The van der Waals surface area contributed by atoms with Gasteiger partial charge in [0.05, 0.1) is 6.54 Å². The van der Waals surface area contributed by atoms with Gasteiger partial charge in [0.2, 0.25) is 0 Å². The summed E-state index contributed by atoms with van der Waals surface area (Å²) in [6, 6.07) is 9.65. The minimum absolute atomic E-state index is 0.362. The van der Waals surface area contributed by atoms with E-state index in [4.69, 9.17) is 0 Å². The molecule has 26 heavy (non-hydrogen) atoms. The van der Waals surface area contributed by atoms with Crippen molar-refractivity contribution in [2.24, 2.45) is 4.99 Å². The summed E-state index contributed by atoms with van der Waals surface area (Å²) in [4.78, 5) is 4.62. The summed E-state index contributed by atoms with van der Waals surface area (Å²) < 4.78 is 2.18. The average molecular weight is 356 g/mol. The molecule has 0 saturated carbocycles. The first kappa shape index (κ1) is 18.4. The molecule has 3 rings (SSSR count). The van der Waals surface area contributed by atoms with Gasteiger partial charge in [0, 0.05) is 19.5 Å². The van der Waals surface area contributed by atoms with Crippen LogP contribution in [0.25, 0.3) is 0 Å². The number of guanidine groups is 1. The zero-order valence-electron chi connectivity index (χ0n) is 15.6. The number of aliphatic imine (C=N–C) groups is 1. The average Bonchev–Trinajstić information content (AvgIpc) is 3.08. The van der Waals surface area contributed by atoms with Gasteiger partial charge in [0.1, 0.15) is 18.0 Å². The van der Waals surface area contributed by atoms with Gasteiger partial charge in [-0.1, -0.05) is 30.3 Å². The largest absolute Gasteiger partial charge is 0.384 e. The molecule has 2 heterocycles. The summed E-state index contributed by atoms with van der Waals surface area (Å²) in [7, 11) is 0. The van der Waals surface area contributed by atoms with E-state index in [2.05, 4.69) is 30.4 Å². The summed E-state index contributed by atoms with van der Waals surface area (Å²) in [6.07, 6.45) is 3.34. The number of aryl methyl sites for hydroxylation is 1. The lowest BCUT2D eigenvalue weighted by Gasteiger charge is -2.25. The third-order valence-electron chi connectivity index (χ3n) is 4.65. The molecular formula is C19H28N6O. The summed E-state index contributed by atoms with van der Waals surface area (Å²) in [5.74, 6) is 2.62. The maximum absolute atomic E-state index is 10.7. The Morgan fingerprint density at radius 2 is 2.04 bits per heavy atom. The van der Waals surface area contributed by atoms with Gasteiger partial charge in [-0.15, -0.1) is 10.2 Å². The number of rotatable bonds is 6. The van der Waals surface area contributed by atoms with E-state index in [0.29, 0.717) is 19.0 Å². The lowest BCUT2D eigenvalue weighted by atomic mass is 9.96. The van der Waals surface area contributed by atoms with Gasteiger partial charge in [0.25, 0.3) is 0 Å². The van der Waals surface area contributed by atoms with Crippen molar-refractivity contribution in [1.29, 1.82) is 0 Å². The molecule has 140 valence electrons. The van der Waals surface area contributed by atoms with E-state index in [1.54, 1.807) is 6.92 Å². The second-order valence-electron chi connectivity index (χ2n) is 6.83. The zero-order valence-corrected chi connectivity index (χ0v) is 15.6. The predicted octanol–water partition coefficient (Wildman–Crippen LogP) is 1.58. The normalized spacial score (nSPS) is 16.7. The smallest absolute Gasteiger partial charge is 0.191 e. The van der Waals surface area contributed by atoms with E-state index in [1.165, 1.54) is 12.8 Å². The van der Waals surface area contributed by atoms with Crippen molar-refractivity contribution < 1.29 is 5.11 Å². The SMILES string of the molecule is CCNC(=NCc1nnc2n1CCCC2)NCC(C)(O)c1ccccc1. The van der Waals surface area contributed by atoms with Crippen molar-refractivity contribution in [3.8, 4) is 0 Å². The second-order valence-corrected chi connectivity index (χ2v) is 6.83. The maximum Gasteiger partial charge on any atom is 0.191 e. The van der Waals surface area contributed by atoms with Crippen LogP contribution in [0.2, 0.25) is 0 Å². The lowest BCUT2D eigenvalue weighted by molar-refractivity contribution is 0.0617. The molecule has 0 spiro atoms. The fraction of sp³-hybridized carbons (Fsp3) is 0.526. The zero-order chi connectivity index (χ0) is 18.4. The third kappa shape index (κ3) is 4.40. The van der Waals surface area contributed by atoms with Crippen molar-refractivity contribution >= 4 is 5.96 Å². The Labute approximate surface area is 154 Å². The molecule has 7 heteroatoms. The molecule has 0 fully saturated rings. The molecule has 1 unspecified atom stereocenters. The quantitative estimate of drug-likeness (QED) is 0.540. The monoisotopic (exact) mass is 356 g/mol. The van der Waals surface area contributed by atoms with Gasteiger partial charge in [0.15, 0.2) is 11.8 Å². The van der Waals surface area contributed by atoms with E-state index in [9.17, 15) is 5.11 Å². The van der Waals surface area contributed by atoms with Crippen LogP contribution in [0.4, 0.5) is 0 Å². The third-order valence-corrected chi connectivity index (χ3v) is 4.65. The van der Waals surface area contributed by atoms with E-state index in [0.717, 1.165) is 36.7 Å². The predicted molar refractivity (Wildman–Crippen MR) is 102 cm³/mol. The highest BCUT2D eigenvalue weighted by molar-refractivity contribution is 5.79. The number of nitrogens with zero attached hydrogens (tertiary/aromatic N) is 4. The number of aliphatic hydroxyl groups is 1. The number of benzene rings is 1. The Kier molecular flexibility index (Phi) is 5.88. The second kappa shape index (κ2) is 8.31. The first-order valence-corrected chi connectivity index (χ1v) is 9.31. The van der Waals surface area contributed by atoms with Crippen LogP contribution in [0.1, 0.15) is 43.9 Å². The number of fused-ring (bicyclic) bond motifs is 1. The van der Waals surface area contributed by atoms with Gasteiger partial charge in [-0.2, -0.15) is 0 Å². The standard InChI is InChI=1S/C19H28N6O/c1-3-20-18(22-14-19(2,26)15-9-5-4-6-10-15)21-13-17-24-23-16-11-7-8-12-25(16)17/h4-6,9-10,26H,3,7-8,11-14H2,1-2H3,(H2,20,21,22). The van der Waals surface area contributed by atoms with Crippen molar-refractivity contribution in [1.82, 2.24) is 25.4 Å². The number of nitrogens with one attached hydrogen (secondary N) is 2. The van der Waals surface area contributed by atoms with Crippen LogP contribution in [0.5, 0.6) is 0 Å². The van der Waals surface area contributed by atoms with Crippen molar-refractivity contribution in [3.05, 3.63) is 47.5 Å². The van der Waals surface area contributed by atoms with Crippen LogP contribution >= 0.6 is 0 Å². The van der Waals surface area contributed by atoms with E-state index in [-0.39, 0.29) is 0 Å². The van der Waals surface area contributed by atoms with Crippen LogP contribution in [0, 0.1) is 0 Å². The molecule has 1 aromatic heterocycles. The van der Waals surface area contributed by atoms with Crippen LogP contribution in [0.15, 0.2) is 35.3 Å². The van der Waals surface area contributed by atoms with Crippen molar-refractivity contribution in [2.75, 3.05) is 13.1 Å². The van der Waals surface area contributed by atoms with Crippen LogP contribution < -0.4 is 10.6 Å². The first-order valence-electron chi connectivity index (χ1n) is 9.31. The summed E-state index contributed by atoms with van der Waals surface area (Å²) in [5.41, 5.74) is -0.110. The Balaban J connectivity index is 1.65. The summed E-state index contributed by atoms with van der Waals surface area (Å²) in [6.45, 7) is 6.37. The van der Waals surface area contributed by atoms with Crippen LogP contribution in [0.3, 0.4) is 0 Å². The minimum Gasteiger partial charge on any atom is -0.384 e. The Morgan fingerprint density at radius 3 is 2.81 bits per heavy atom. The van der Waals surface area contributed by atoms with Gasteiger partial charge >= 0.3 is 0 Å². The molecule has 0 bridgehead atoms. The highest BCUT2D eigenvalue weighted by Crippen LogP contribution is 2.19. The number of hydrogen-bond donors (Lipinski definition) is 3. The molecule has 0 aliphatic carbocycles. The highest BCUT2D eigenvalue weighted by atomic mass is 16.3. The van der Waals surface area contributed by atoms with E-state index >= 15 is 0 Å². The van der Waals surface area contributed by atoms with Gasteiger partial charge in [-0.25, -0.2) is 4.99 Å². The van der Waals surface area contributed by atoms with E-state index in [1.807, 2.05) is 37.3 Å². The van der Waals surface area contributed by atoms with Crippen molar-refractivity contribution in [2.45, 2.75) is 51.8 Å². The van der Waals surface area contributed by atoms with Gasteiger partial charge < -0.3 is 20.3 Å². The minimum atomic E-state index is -0.981. The van der Waals surface area contributed by atoms with Gasteiger partial charge in [-0.3, -0.25) is 0 Å². The molecule has 0 amide bonds. The van der Waals surface area contributed by atoms with E-state index < -0.39 is 5.60 Å². The molecule has 0 saturated heterocycles. The molecular weight excluding hydrogens is 328 g/mol. The number of hydrogen-bond acceptors (Lipinski definition) is 4. The fourth-order valence-electron chi connectivity index (χ4n) is 3.13. The number of aromatic nitrogens is 3. The molecule has 1 aromatic carbocycles. The molecule has 0 radical (unpaired) electrons. The first-order chi connectivity index (χ1) is 12.6. The molecule has 7 nitrogen and oxygen atoms in total. The Bertz CT molecular complexity index is 738.